The number of fused-ring (bicyclic) bond motifs is 1. The molecule has 0 spiro atoms. The van der Waals surface area contributed by atoms with Crippen LogP contribution in [0.15, 0.2) is 30.5 Å². The van der Waals surface area contributed by atoms with Gasteiger partial charge in [-0.15, -0.1) is 0 Å². The number of aryl methyl sites for hydroxylation is 2. The second-order valence-electron chi connectivity index (χ2n) is 13.0. The molecule has 11 heteroatoms. The third kappa shape index (κ3) is 8.58. The Bertz CT molecular complexity index is 1300. The first-order valence-electron chi connectivity index (χ1n) is 15.0. The SMILES string of the molecule is COc1ccc(C(CC(=O)OC(C)(C)C)N2CCN(CCCc3ccc4c(n3)N(C(=O)OC(C)(C)C)CCC4)C2=O)cn1. The van der Waals surface area contributed by atoms with Crippen LogP contribution < -0.4 is 9.64 Å². The summed E-state index contributed by atoms with van der Waals surface area (Å²) in [5.41, 5.74) is 1.43. The van der Waals surface area contributed by atoms with Gasteiger partial charge in [-0.2, -0.15) is 0 Å². The van der Waals surface area contributed by atoms with Crippen molar-refractivity contribution in [1.82, 2.24) is 19.8 Å². The molecule has 43 heavy (non-hydrogen) atoms. The van der Waals surface area contributed by atoms with Crippen LogP contribution in [0.1, 0.15) is 83.7 Å². The highest BCUT2D eigenvalue weighted by Crippen LogP contribution is 2.31. The number of esters is 1. The summed E-state index contributed by atoms with van der Waals surface area (Å²) >= 11 is 0. The molecule has 1 saturated heterocycles. The Hall–Kier alpha value is -3.89. The summed E-state index contributed by atoms with van der Waals surface area (Å²) in [4.78, 5) is 53.5. The van der Waals surface area contributed by atoms with Gasteiger partial charge in [0.05, 0.1) is 19.6 Å². The zero-order valence-corrected chi connectivity index (χ0v) is 26.5. The average molecular weight is 596 g/mol. The Morgan fingerprint density at radius 1 is 0.977 bits per heavy atom. The molecular formula is C32H45N5O6. The van der Waals surface area contributed by atoms with E-state index in [-0.39, 0.29) is 24.5 Å². The molecule has 0 saturated carbocycles. The quantitative estimate of drug-likeness (QED) is 0.358. The second kappa shape index (κ2) is 13.2. The Labute approximate surface area is 254 Å². The van der Waals surface area contributed by atoms with E-state index in [1.165, 1.54) is 0 Å². The fourth-order valence-corrected chi connectivity index (χ4v) is 5.32. The van der Waals surface area contributed by atoms with Gasteiger partial charge in [0.25, 0.3) is 0 Å². The van der Waals surface area contributed by atoms with Gasteiger partial charge in [0, 0.05) is 44.1 Å². The lowest BCUT2D eigenvalue weighted by atomic mass is 10.0. The van der Waals surface area contributed by atoms with E-state index in [4.69, 9.17) is 19.2 Å². The first-order chi connectivity index (χ1) is 20.2. The number of rotatable bonds is 9. The van der Waals surface area contributed by atoms with Crippen molar-refractivity contribution < 1.29 is 28.6 Å². The summed E-state index contributed by atoms with van der Waals surface area (Å²) in [5, 5.41) is 0. The standard InChI is InChI=1S/C32H45N5O6/c1-31(2,3)42-27(38)20-25(23-13-15-26(41-7)33-21-23)36-19-18-35(29(36)39)16-9-11-24-14-12-22-10-8-17-37(28(22)34-24)30(40)43-32(4,5)6/h12-15,21,25H,8-11,16-20H2,1-7H3. The minimum atomic E-state index is -0.629. The first-order valence-corrected chi connectivity index (χ1v) is 15.0. The fraction of sp³-hybridized carbons (Fsp3) is 0.594. The lowest BCUT2D eigenvalue weighted by molar-refractivity contribution is -0.156. The van der Waals surface area contributed by atoms with Gasteiger partial charge in [0.15, 0.2) is 0 Å². The van der Waals surface area contributed by atoms with Crippen molar-refractivity contribution in [3.8, 4) is 5.88 Å². The fourth-order valence-electron chi connectivity index (χ4n) is 5.32. The van der Waals surface area contributed by atoms with Crippen LogP contribution in [0.4, 0.5) is 15.4 Å². The molecule has 1 fully saturated rings. The Balaban J connectivity index is 1.40. The maximum absolute atomic E-state index is 13.6. The number of pyridine rings is 2. The summed E-state index contributed by atoms with van der Waals surface area (Å²) in [6.07, 6.45) is 4.39. The number of nitrogens with zero attached hydrogens (tertiary/aromatic N) is 5. The first kappa shape index (κ1) is 32.0. The lowest BCUT2D eigenvalue weighted by Gasteiger charge is -2.31. The van der Waals surface area contributed by atoms with Gasteiger partial charge >= 0.3 is 18.1 Å². The van der Waals surface area contributed by atoms with Crippen LogP contribution in [-0.4, -0.2) is 82.4 Å². The molecule has 0 radical (unpaired) electrons. The number of carbonyl (C=O) groups is 3. The minimum Gasteiger partial charge on any atom is -0.481 e. The van der Waals surface area contributed by atoms with E-state index in [0.29, 0.717) is 50.7 Å². The van der Waals surface area contributed by atoms with E-state index in [9.17, 15) is 14.4 Å². The molecule has 0 bridgehead atoms. The highest BCUT2D eigenvalue weighted by atomic mass is 16.6. The Kier molecular flexibility index (Phi) is 9.82. The van der Waals surface area contributed by atoms with Crippen molar-refractivity contribution in [2.24, 2.45) is 0 Å². The van der Waals surface area contributed by atoms with Crippen LogP contribution >= 0.6 is 0 Å². The van der Waals surface area contributed by atoms with Gasteiger partial charge in [-0.3, -0.25) is 9.69 Å². The van der Waals surface area contributed by atoms with Crippen molar-refractivity contribution in [3.63, 3.8) is 0 Å². The monoisotopic (exact) mass is 595 g/mol. The van der Waals surface area contributed by atoms with Crippen LogP contribution in [-0.2, 0) is 27.1 Å². The molecule has 0 N–H and O–H groups in total. The van der Waals surface area contributed by atoms with Crippen LogP contribution in [0.5, 0.6) is 5.88 Å². The third-order valence-electron chi connectivity index (χ3n) is 7.21. The van der Waals surface area contributed by atoms with Crippen molar-refractivity contribution in [1.29, 1.82) is 0 Å². The predicted octanol–water partition coefficient (Wildman–Crippen LogP) is 5.32. The number of amides is 3. The van der Waals surface area contributed by atoms with E-state index in [0.717, 1.165) is 29.7 Å². The van der Waals surface area contributed by atoms with Crippen molar-refractivity contribution in [3.05, 3.63) is 47.3 Å². The van der Waals surface area contributed by atoms with Gasteiger partial charge < -0.3 is 24.0 Å². The maximum Gasteiger partial charge on any atom is 0.416 e. The Morgan fingerprint density at radius 2 is 1.72 bits per heavy atom. The zero-order valence-electron chi connectivity index (χ0n) is 26.5. The van der Waals surface area contributed by atoms with Crippen LogP contribution in [0.2, 0.25) is 0 Å². The van der Waals surface area contributed by atoms with Crippen molar-refractivity contribution in [2.45, 2.75) is 90.9 Å². The molecule has 2 aromatic heterocycles. The zero-order chi connectivity index (χ0) is 31.4. The van der Waals surface area contributed by atoms with E-state index in [2.05, 4.69) is 4.98 Å². The molecule has 2 aliphatic rings. The number of carbonyl (C=O) groups excluding carboxylic acids is 3. The highest BCUT2D eigenvalue weighted by molar-refractivity contribution is 5.88. The van der Waals surface area contributed by atoms with E-state index >= 15 is 0 Å². The highest BCUT2D eigenvalue weighted by Gasteiger charge is 2.36. The van der Waals surface area contributed by atoms with Gasteiger partial charge in [-0.05, 0) is 84.4 Å². The van der Waals surface area contributed by atoms with Crippen molar-refractivity contribution >= 4 is 23.9 Å². The van der Waals surface area contributed by atoms with Gasteiger partial charge in [0.2, 0.25) is 5.88 Å². The van der Waals surface area contributed by atoms with E-state index in [1.807, 2.05) is 64.6 Å². The minimum absolute atomic E-state index is 0.0258. The summed E-state index contributed by atoms with van der Waals surface area (Å²) in [7, 11) is 1.54. The molecule has 1 atom stereocenters. The number of aromatic nitrogens is 2. The number of urea groups is 1. The number of hydrogen-bond acceptors (Lipinski definition) is 8. The number of hydrogen-bond donors (Lipinski definition) is 0. The second-order valence-corrected chi connectivity index (χ2v) is 13.0. The molecule has 3 amide bonds. The van der Waals surface area contributed by atoms with Gasteiger partial charge in [-0.25, -0.2) is 19.6 Å². The molecular weight excluding hydrogens is 550 g/mol. The van der Waals surface area contributed by atoms with E-state index in [1.54, 1.807) is 29.2 Å². The van der Waals surface area contributed by atoms with E-state index < -0.39 is 17.2 Å². The summed E-state index contributed by atoms with van der Waals surface area (Å²) in [6.45, 7) is 13.2. The topological polar surface area (TPSA) is 114 Å². The molecule has 2 aliphatic heterocycles. The smallest absolute Gasteiger partial charge is 0.416 e. The summed E-state index contributed by atoms with van der Waals surface area (Å²) < 4.78 is 16.4. The largest absolute Gasteiger partial charge is 0.481 e. The maximum atomic E-state index is 13.6. The van der Waals surface area contributed by atoms with Crippen LogP contribution in [0.3, 0.4) is 0 Å². The predicted molar refractivity (Wildman–Crippen MR) is 162 cm³/mol. The van der Waals surface area contributed by atoms with Crippen molar-refractivity contribution in [2.75, 3.05) is 38.2 Å². The normalized spacial score (nSPS) is 16.2. The molecule has 234 valence electrons. The number of methoxy groups -OCH3 is 1. The molecule has 1 unspecified atom stereocenters. The molecule has 0 aliphatic carbocycles. The molecule has 4 heterocycles. The lowest BCUT2D eigenvalue weighted by Crippen LogP contribution is -2.40. The van der Waals surface area contributed by atoms with Crippen LogP contribution in [0.25, 0.3) is 0 Å². The molecule has 11 nitrogen and oxygen atoms in total. The average Bonchev–Trinajstić information content (AvgIpc) is 3.29. The Morgan fingerprint density at radius 3 is 2.37 bits per heavy atom. The molecule has 0 aromatic carbocycles. The third-order valence-corrected chi connectivity index (χ3v) is 7.21. The van der Waals surface area contributed by atoms with Gasteiger partial charge in [-0.1, -0.05) is 12.1 Å². The molecule has 4 rings (SSSR count). The number of ether oxygens (including phenoxy) is 3. The summed E-state index contributed by atoms with van der Waals surface area (Å²) in [6, 6.07) is 6.97. The number of anilines is 1. The van der Waals surface area contributed by atoms with Gasteiger partial charge in [0.1, 0.15) is 17.0 Å². The summed E-state index contributed by atoms with van der Waals surface area (Å²) in [5.74, 6) is 0.747. The molecule has 2 aromatic rings. The van der Waals surface area contributed by atoms with Crippen LogP contribution in [0, 0.1) is 0 Å².